The summed E-state index contributed by atoms with van der Waals surface area (Å²) in [6.45, 7) is 4.89. The topological polar surface area (TPSA) is 100 Å². The Labute approximate surface area is 112 Å². The minimum atomic E-state index is -3.78. The molecule has 19 heavy (non-hydrogen) atoms. The minimum Gasteiger partial charge on any atom is -0.467 e. The summed E-state index contributed by atoms with van der Waals surface area (Å²) in [5.74, 6) is -1.89. The Kier molecular flexibility index (Phi) is 6.65. The van der Waals surface area contributed by atoms with Crippen LogP contribution in [0.1, 0.15) is 20.8 Å². The monoisotopic (exact) mass is 297 g/mol. The van der Waals surface area contributed by atoms with Gasteiger partial charge < -0.3 is 18.5 Å². The van der Waals surface area contributed by atoms with Gasteiger partial charge in [0.25, 0.3) is 0 Å². The maximum Gasteiger partial charge on any atom is 0.406 e. The third-order valence-electron chi connectivity index (χ3n) is 1.85. The van der Waals surface area contributed by atoms with Crippen molar-refractivity contribution in [1.29, 1.82) is 0 Å². The van der Waals surface area contributed by atoms with Crippen LogP contribution in [0.4, 0.5) is 0 Å². The lowest BCUT2D eigenvalue weighted by Gasteiger charge is -2.25. The van der Waals surface area contributed by atoms with Gasteiger partial charge in [0.1, 0.15) is 5.60 Å². The van der Waals surface area contributed by atoms with Crippen LogP contribution < -0.4 is 5.09 Å². The third kappa shape index (κ3) is 6.15. The molecule has 0 saturated carbocycles. The molecule has 0 aliphatic heterocycles. The molecular formula is C10H20NO7P. The number of ether oxygens (including phenoxy) is 2. The Morgan fingerprint density at radius 3 is 1.84 bits per heavy atom. The van der Waals surface area contributed by atoms with Crippen molar-refractivity contribution in [1.82, 2.24) is 5.09 Å². The zero-order valence-corrected chi connectivity index (χ0v) is 12.8. The van der Waals surface area contributed by atoms with E-state index in [1.807, 2.05) is 0 Å². The van der Waals surface area contributed by atoms with Crippen molar-refractivity contribution in [3.8, 4) is 0 Å². The Morgan fingerprint density at radius 1 is 1.05 bits per heavy atom. The van der Waals surface area contributed by atoms with Gasteiger partial charge in [-0.15, -0.1) is 0 Å². The molecule has 0 aromatic heterocycles. The van der Waals surface area contributed by atoms with Gasteiger partial charge in [0.15, 0.2) is 0 Å². The largest absolute Gasteiger partial charge is 0.467 e. The van der Waals surface area contributed by atoms with Crippen LogP contribution in [0.15, 0.2) is 0 Å². The number of hydrogen-bond donors (Lipinski definition) is 1. The van der Waals surface area contributed by atoms with Crippen LogP contribution in [0.25, 0.3) is 0 Å². The lowest BCUT2D eigenvalue weighted by molar-refractivity contribution is -0.163. The first kappa shape index (κ1) is 18.0. The summed E-state index contributed by atoms with van der Waals surface area (Å²) in [5, 5.41) is 2.16. The second kappa shape index (κ2) is 7.00. The molecule has 0 rings (SSSR count). The highest BCUT2D eigenvalue weighted by atomic mass is 31.2. The van der Waals surface area contributed by atoms with Gasteiger partial charge in [0.2, 0.25) is 6.04 Å². The van der Waals surface area contributed by atoms with E-state index in [2.05, 4.69) is 18.9 Å². The molecular weight excluding hydrogens is 277 g/mol. The first-order valence-corrected chi connectivity index (χ1v) is 6.93. The van der Waals surface area contributed by atoms with E-state index in [9.17, 15) is 14.2 Å². The average molecular weight is 297 g/mol. The van der Waals surface area contributed by atoms with Crippen molar-refractivity contribution in [3.63, 3.8) is 0 Å². The highest BCUT2D eigenvalue weighted by Gasteiger charge is 2.38. The Bertz CT molecular complexity index is 369. The number of nitrogens with one attached hydrogen (secondary N) is 1. The van der Waals surface area contributed by atoms with E-state index in [0.717, 1.165) is 21.3 Å². The van der Waals surface area contributed by atoms with E-state index in [1.165, 1.54) is 0 Å². The second-order valence-corrected chi connectivity index (χ2v) is 6.46. The molecule has 0 spiro atoms. The summed E-state index contributed by atoms with van der Waals surface area (Å²) in [6.07, 6.45) is 0. The molecule has 0 aliphatic rings. The highest BCUT2D eigenvalue weighted by Crippen LogP contribution is 2.42. The Morgan fingerprint density at radius 2 is 1.53 bits per heavy atom. The van der Waals surface area contributed by atoms with E-state index in [-0.39, 0.29) is 0 Å². The Balaban J connectivity index is 5.08. The van der Waals surface area contributed by atoms with Crippen LogP contribution in [0, 0.1) is 0 Å². The second-order valence-electron chi connectivity index (χ2n) is 4.48. The molecule has 112 valence electrons. The van der Waals surface area contributed by atoms with Crippen molar-refractivity contribution in [2.45, 2.75) is 32.4 Å². The van der Waals surface area contributed by atoms with Crippen LogP contribution in [0.5, 0.6) is 0 Å². The fourth-order valence-corrected chi connectivity index (χ4v) is 1.91. The molecule has 0 aliphatic carbocycles. The predicted octanol–water partition coefficient (Wildman–Crippen LogP) is 0.860. The average Bonchev–Trinajstić information content (AvgIpc) is 2.32. The molecule has 0 bridgehead atoms. The SMILES string of the molecule is COC(=O)C(NP(=O)(OC)OC)C(=O)OC(C)(C)C. The molecule has 0 aromatic rings. The van der Waals surface area contributed by atoms with Crippen LogP contribution in [-0.2, 0) is 32.7 Å². The van der Waals surface area contributed by atoms with Gasteiger partial charge in [-0.2, -0.15) is 5.09 Å². The van der Waals surface area contributed by atoms with Gasteiger partial charge in [0, 0.05) is 14.2 Å². The zero-order valence-electron chi connectivity index (χ0n) is 11.9. The third-order valence-corrected chi connectivity index (χ3v) is 3.38. The normalized spacial score (nSPS) is 13.8. The zero-order chi connectivity index (χ0) is 15.3. The molecule has 0 heterocycles. The maximum atomic E-state index is 11.9. The smallest absolute Gasteiger partial charge is 0.406 e. The molecule has 9 heteroatoms. The van der Waals surface area contributed by atoms with Crippen LogP contribution >= 0.6 is 7.75 Å². The highest BCUT2D eigenvalue weighted by molar-refractivity contribution is 7.51. The van der Waals surface area contributed by atoms with Crippen LogP contribution in [0.2, 0.25) is 0 Å². The van der Waals surface area contributed by atoms with Crippen molar-refractivity contribution < 1.29 is 32.7 Å². The van der Waals surface area contributed by atoms with E-state index in [1.54, 1.807) is 20.8 Å². The molecule has 0 aromatic carbocycles. The number of esters is 2. The summed E-state index contributed by atoms with van der Waals surface area (Å²) in [7, 11) is -0.463. The number of rotatable bonds is 6. The van der Waals surface area contributed by atoms with Gasteiger partial charge >= 0.3 is 19.7 Å². The molecule has 1 atom stereocenters. The standard InChI is InChI=1S/C10H20NO7P/c1-10(2,3)18-9(13)7(8(12)15-4)11-19(14,16-5)17-6/h7H,1-6H3,(H,11,14). The minimum absolute atomic E-state index is 0.810. The fraction of sp³-hybridized carbons (Fsp3) is 0.800. The number of carbonyl (C=O) groups excluding carboxylic acids is 2. The van der Waals surface area contributed by atoms with E-state index in [0.29, 0.717) is 0 Å². The van der Waals surface area contributed by atoms with Gasteiger partial charge in [-0.25, -0.2) is 14.2 Å². The van der Waals surface area contributed by atoms with Gasteiger partial charge in [-0.05, 0) is 20.8 Å². The first-order valence-electron chi connectivity index (χ1n) is 5.38. The van der Waals surface area contributed by atoms with Gasteiger partial charge in [0.05, 0.1) is 7.11 Å². The van der Waals surface area contributed by atoms with E-state index >= 15 is 0 Å². The van der Waals surface area contributed by atoms with Crippen molar-refractivity contribution in [2.75, 3.05) is 21.3 Å². The van der Waals surface area contributed by atoms with Crippen molar-refractivity contribution in [2.24, 2.45) is 0 Å². The summed E-state index contributed by atoms with van der Waals surface area (Å²) in [5.41, 5.74) is -0.810. The van der Waals surface area contributed by atoms with Crippen molar-refractivity contribution >= 4 is 19.7 Å². The molecule has 0 amide bonds. The first-order chi connectivity index (χ1) is 8.58. The lowest BCUT2D eigenvalue weighted by Crippen LogP contribution is -2.46. The fourth-order valence-electron chi connectivity index (χ4n) is 1.02. The van der Waals surface area contributed by atoms with Gasteiger partial charge in [-0.3, -0.25) is 0 Å². The molecule has 0 saturated heterocycles. The van der Waals surface area contributed by atoms with E-state index in [4.69, 9.17) is 4.74 Å². The Hall–Kier alpha value is -0.950. The lowest BCUT2D eigenvalue weighted by atomic mass is 10.2. The number of carbonyl (C=O) groups is 2. The summed E-state index contributed by atoms with van der Waals surface area (Å²) >= 11 is 0. The number of hydrogen-bond acceptors (Lipinski definition) is 7. The summed E-state index contributed by atoms with van der Waals surface area (Å²) in [6, 6.07) is -1.60. The molecule has 0 radical (unpaired) electrons. The van der Waals surface area contributed by atoms with E-state index < -0.39 is 31.3 Å². The maximum absolute atomic E-state index is 11.9. The quantitative estimate of drug-likeness (QED) is 0.438. The van der Waals surface area contributed by atoms with Crippen molar-refractivity contribution in [3.05, 3.63) is 0 Å². The van der Waals surface area contributed by atoms with Gasteiger partial charge in [-0.1, -0.05) is 0 Å². The molecule has 1 N–H and O–H groups in total. The summed E-state index contributed by atoms with van der Waals surface area (Å²) < 4.78 is 30.6. The predicted molar refractivity (Wildman–Crippen MR) is 66.4 cm³/mol. The molecule has 1 unspecified atom stereocenters. The number of methoxy groups -OCH3 is 1. The molecule has 8 nitrogen and oxygen atoms in total. The molecule has 0 fully saturated rings. The summed E-state index contributed by atoms with van der Waals surface area (Å²) in [4.78, 5) is 23.4. The van der Waals surface area contributed by atoms with Crippen LogP contribution in [0.3, 0.4) is 0 Å². The van der Waals surface area contributed by atoms with Crippen LogP contribution in [-0.4, -0.2) is 44.9 Å².